The van der Waals surface area contributed by atoms with Crippen molar-refractivity contribution in [2.45, 2.75) is 32.6 Å². The average Bonchev–Trinajstić information content (AvgIpc) is 3.18. The topological polar surface area (TPSA) is 83.9 Å². The Kier molecular flexibility index (Phi) is 5.08. The van der Waals surface area contributed by atoms with Crippen molar-refractivity contribution >= 4 is 16.6 Å². The second-order valence-corrected chi connectivity index (χ2v) is 8.41. The van der Waals surface area contributed by atoms with E-state index >= 15 is 0 Å². The number of aliphatic hydroxyl groups is 1. The number of likely N-dealkylation sites (tertiary alicyclic amines) is 1. The largest absolute Gasteiger partial charge is 0.422 e. The number of hydrogen-bond acceptors (Lipinski definition) is 6. The summed E-state index contributed by atoms with van der Waals surface area (Å²) in [5.41, 5.74) is 4.94. The lowest BCUT2D eigenvalue weighted by atomic mass is 9.89. The molecule has 0 atom stereocenters. The zero-order chi connectivity index (χ0) is 21.5. The normalized spacial score (nSPS) is 15.8. The van der Waals surface area contributed by atoms with Gasteiger partial charge in [0.25, 0.3) is 0 Å². The van der Waals surface area contributed by atoms with Crippen LogP contribution in [0.25, 0.3) is 27.9 Å². The number of nitrogens with zero attached hydrogens (tertiary/aromatic N) is 4. The summed E-state index contributed by atoms with van der Waals surface area (Å²) in [4.78, 5) is 24.2. The molecule has 1 aliphatic rings. The maximum Gasteiger partial charge on any atom is 0.345 e. The van der Waals surface area contributed by atoms with Crippen LogP contribution in [0.5, 0.6) is 0 Å². The van der Waals surface area contributed by atoms with Crippen molar-refractivity contribution in [3.63, 3.8) is 0 Å². The Balaban J connectivity index is 1.47. The second kappa shape index (κ2) is 7.90. The Morgan fingerprint density at radius 3 is 2.71 bits per heavy atom. The predicted octanol–water partition coefficient (Wildman–Crippen LogP) is 3.29. The van der Waals surface area contributed by atoms with Crippen LogP contribution < -0.4 is 5.63 Å². The molecule has 1 aromatic carbocycles. The number of piperidine rings is 1. The van der Waals surface area contributed by atoms with E-state index in [4.69, 9.17) is 9.52 Å². The first kappa shape index (κ1) is 19.9. The molecule has 31 heavy (non-hydrogen) atoms. The van der Waals surface area contributed by atoms with Crippen molar-refractivity contribution in [3.05, 3.63) is 64.0 Å². The first-order chi connectivity index (χ1) is 15.0. The molecule has 4 heterocycles. The van der Waals surface area contributed by atoms with Gasteiger partial charge in [-0.15, -0.1) is 0 Å². The molecule has 3 aromatic heterocycles. The van der Waals surface area contributed by atoms with Gasteiger partial charge in [-0.05, 0) is 63.4 Å². The predicted molar refractivity (Wildman–Crippen MR) is 119 cm³/mol. The van der Waals surface area contributed by atoms with Gasteiger partial charge in [-0.2, -0.15) is 0 Å². The van der Waals surface area contributed by atoms with Gasteiger partial charge in [-0.3, -0.25) is 4.98 Å². The molecular formula is C24H26N4O3. The Morgan fingerprint density at radius 1 is 1.13 bits per heavy atom. The number of fused-ring (bicyclic) bond motifs is 2. The van der Waals surface area contributed by atoms with Gasteiger partial charge in [0.15, 0.2) is 5.65 Å². The lowest BCUT2D eigenvalue weighted by Crippen LogP contribution is -2.34. The van der Waals surface area contributed by atoms with Crippen molar-refractivity contribution in [1.82, 2.24) is 19.3 Å². The molecule has 0 aliphatic carbocycles. The average molecular weight is 418 g/mol. The summed E-state index contributed by atoms with van der Waals surface area (Å²) in [7, 11) is 0. The van der Waals surface area contributed by atoms with E-state index in [0.717, 1.165) is 54.9 Å². The smallest absolute Gasteiger partial charge is 0.345 e. The highest BCUT2D eigenvalue weighted by Gasteiger charge is 2.21. The van der Waals surface area contributed by atoms with Crippen LogP contribution in [0, 0.1) is 13.8 Å². The lowest BCUT2D eigenvalue weighted by molar-refractivity contribution is 0.164. The number of hydrogen-bond donors (Lipinski definition) is 1. The maximum atomic E-state index is 12.8. The molecule has 0 saturated carbocycles. The first-order valence-electron chi connectivity index (χ1n) is 10.8. The number of imidazole rings is 1. The van der Waals surface area contributed by atoms with Crippen LogP contribution in [0.3, 0.4) is 0 Å². The van der Waals surface area contributed by atoms with Gasteiger partial charge < -0.3 is 18.8 Å². The molecule has 1 saturated heterocycles. The molecule has 7 heteroatoms. The Labute approximate surface area is 180 Å². The molecule has 1 fully saturated rings. The SMILES string of the molecule is Cc1cn2cc(-c3cc4ccc(C5CCN(CCO)CC5)cc4oc3=O)nc2c(C)n1. The number of β-amino-alcohol motifs (C(OH)–C–C–N with tert-alkyl or cyclic N) is 1. The molecule has 0 amide bonds. The minimum Gasteiger partial charge on any atom is -0.422 e. The van der Waals surface area contributed by atoms with E-state index in [1.165, 1.54) is 5.56 Å². The highest BCUT2D eigenvalue weighted by molar-refractivity contribution is 5.82. The van der Waals surface area contributed by atoms with E-state index in [-0.39, 0.29) is 12.2 Å². The van der Waals surface area contributed by atoms with E-state index < -0.39 is 0 Å². The minimum absolute atomic E-state index is 0.204. The van der Waals surface area contributed by atoms with Crippen molar-refractivity contribution in [2.75, 3.05) is 26.2 Å². The molecule has 0 unspecified atom stereocenters. The third-order valence-electron chi connectivity index (χ3n) is 6.24. The third kappa shape index (κ3) is 3.75. The van der Waals surface area contributed by atoms with E-state index in [0.29, 0.717) is 22.8 Å². The summed E-state index contributed by atoms with van der Waals surface area (Å²) in [5, 5.41) is 10.0. The van der Waals surface area contributed by atoms with Crippen LogP contribution in [0.2, 0.25) is 0 Å². The van der Waals surface area contributed by atoms with E-state index in [9.17, 15) is 4.79 Å². The van der Waals surface area contributed by atoms with Gasteiger partial charge in [0, 0.05) is 24.3 Å². The van der Waals surface area contributed by atoms with Gasteiger partial charge in [0.05, 0.1) is 29.3 Å². The summed E-state index contributed by atoms with van der Waals surface area (Å²) >= 11 is 0. The van der Waals surface area contributed by atoms with Crippen LogP contribution in [0.4, 0.5) is 0 Å². The highest BCUT2D eigenvalue weighted by atomic mass is 16.4. The van der Waals surface area contributed by atoms with Crippen molar-refractivity contribution in [3.8, 4) is 11.3 Å². The van der Waals surface area contributed by atoms with Gasteiger partial charge >= 0.3 is 5.63 Å². The molecule has 7 nitrogen and oxygen atoms in total. The van der Waals surface area contributed by atoms with Gasteiger partial charge in [0.1, 0.15) is 5.58 Å². The summed E-state index contributed by atoms with van der Waals surface area (Å²) in [6.07, 6.45) is 5.84. The second-order valence-electron chi connectivity index (χ2n) is 8.41. The number of aromatic nitrogens is 3. The quantitative estimate of drug-likeness (QED) is 0.512. The number of benzene rings is 1. The number of rotatable bonds is 4. The molecular weight excluding hydrogens is 392 g/mol. The molecule has 0 radical (unpaired) electrons. The third-order valence-corrected chi connectivity index (χ3v) is 6.24. The molecule has 1 aliphatic heterocycles. The van der Waals surface area contributed by atoms with Crippen molar-refractivity contribution in [1.29, 1.82) is 0 Å². The fourth-order valence-corrected chi connectivity index (χ4v) is 4.63. The molecule has 0 spiro atoms. The first-order valence-corrected chi connectivity index (χ1v) is 10.8. The van der Waals surface area contributed by atoms with Crippen LogP contribution in [-0.4, -0.2) is 50.6 Å². The molecule has 1 N–H and O–H groups in total. The van der Waals surface area contributed by atoms with E-state index in [1.807, 2.05) is 48.8 Å². The monoisotopic (exact) mass is 418 g/mol. The van der Waals surface area contributed by atoms with Crippen LogP contribution in [-0.2, 0) is 0 Å². The van der Waals surface area contributed by atoms with Gasteiger partial charge in [-0.1, -0.05) is 12.1 Å². The summed E-state index contributed by atoms with van der Waals surface area (Å²) < 4.78 is 7.63. The Bertz CT molecular complexity index is 1320. The summed E-state index contributed by atoms with van der Waals surface area (Å²) in [6.45, 7) is 6.75. The molecule has 160 valence electrons. The molecule has 5 rings (SSSR count). The van der Waals surface area contributed by atoms with Crippen LogP contribution >= 0.6 is 0 Å². The van der Waals surface area contributed by atoms with Gasteiger partial charge in [-0.25, -0.2) is 9.78 Å². The van der Waals surface area contributed by atoms with Gasteiger partial charge in [0.2, 0.25) is 0 Å². The summed E-state index contributed by atoms with van der Waals surface area (Å²) in [5.74, 6) is 0.446. The zero-order valence-corrected chi connectivity index (χ0v) is 17.8. The molecule has 0 bridgehead atoms. The standard InChI is InChI=1S/C24H26N4O3/c1-15-13-28-14-21(26-23(28)16(2)25-15)20-11-19-4-3-18(12-22(19)31-24(20)30)17-5-7-27(8-6-17)9-10-29/h3-4,11-14,17,29H,5-10H2,1-2H3. The Hall–Kier alpha value is -3.03. The number of aryl methyl sites for hydroxylation is 2. The molecule has 4 aromatic rings. The van der Waals surface area contributed by atoms with Crippen molar-refractivity contribution < 1.29 is 9.52 Å². The van der Waals surface area contributed by atoms with E-state index in [1.54, 1.807) is 0 Å². The number of aliphatic hydroxyl groups excluding tert-OH is 1. The fraction of sp³-hybridized carbons (Fsp3) is 0.375. The highest BCUT2D eigenvalue weighted by Crippen LogP contribution is 2.31. The fourth-order valence-electron chi connectivity index (χ4n) is 4.63. The minimum atomic E-state index is -0.381. The summed E-state index contributed by atoms with van der Waals surface area (Å²) in [6, 6.07) is 8.05. The van der Waals surface area contributed by atoms with Crippen LogP contribution in [0.15, 0.2) is 45.9 Å². The lowest BCUT2D eigenvalue weighted by Gasteiger charge is -2.31. The zero-order valence-electron chi connectivity index (χ0n) is 17.8. The Morgan fingerprint density at radius 2 is 1.94 bits per heavy atom. The maximum absolute atomic E-state index is 12.8. The van der Waals surface area contributed by atoms with Crippen LogP contribution in [0.1, 0.15) is 35.7 Å². The van der Waals surface area contributed by atoms with Crippen molar-refractivity contribution in [2.24, 2.45) is 0 Å². The van der Waals surface area contributed by atoms with E-state index in [2.05, 4.69) is 20.9 Å².